The first kappa shape index (κ1) is 11.7. The predicted octanol–water partition coefficient (Wildman–Crippen LogP) is 3.38. The lowest BCUT2D eigenvalue weighted by molar-refractivity contribution is 1.18. The van der Waals surface area contributed by atoms with Gasteiger partial charge in [-0.1, -0.05) is 48.0 Å². The molecule has 92 valence electrons. The van der Waals surface area contributed by atoms with Gasteiger partial charge in [0, 0.05) is 6.08 Å². The zero-order chi connectivity index (χ0) is 13.1. The van der Waals surface area contributed by atoms with Crippen LogP contribution in [0.2, 0.25) is 0 Å². The molecule has 2 aromatic rings. The largest absolute Gasteiger partial charge is 0.338 e. The highest BCUT2D eigenvalue weighted by molar-refractivity contribution is 6.24. The van der Waals surface area contributed by atoms with Crippen LogP contribution in [-0.2, 0) is 0 Å². The molecule has 3 rings (SSSR count). The Morgan fingerprint density at radius 1 is 0.789 bits per heavy atom. The molecule has 0 unspecified atom stereocenters. The van der Waals surface area contributed by atoms with Gasteiger partial charge in [-0.2, -0.15) is 0 Å². The van der Waals surface area contributed by atoms with Gasteiger partial charge in [-0.25, -0.2) is 0 Å². The Labute approximate surface area is 113 Å². The van der Waals surface area contributed by atoms with Crippen LogP contribution >= 0.6 is 0 Å². The van der Waals surface area contributed by atoms with E-state index in [-0.39, 0.29) is 0 Å². The number of rotatable bonds is 3. The van der Waals surface area contributed by atoms with Crippen molar-refractivity contribution in [2.24, 2.45) is 0 Å². The number of allylic oxidation sites excluding steroid dienone is 2. The number of hydrogen-bond donors (Lipinski definition) is 0. The van der Waals surface area contributed by atoms with E-state index in [0.29, 0.717) is 0 Å². The van der Waals surface area contributed by atoms with Crippen LogP contribution in [0.3, 0.4) is 0 Å². The molecule has 1 aliphatic heterocycles. The minimum absolute atomic E-state index is 1.00. The van der Waals surface area contributed by atoms with Gasteiger partial charge >= 0.3 is 11.4 Å². The smallest absolute Gasteiger partial charge is 0.0828 e. The van der Waals surface area contributed by atoms with E-state index in [2.05, 4.69) is 61.5 Å². The van der Waals surface area contributed by atoms with Crippen LogP contribution in [0, 0.1) is 0 Å². The van der Waals surface area contributed by atoms with Crippen LogP contribution in [0.25, 0.3) is 0 Å². The maximum absolute atomic E-state index is 4.82. The minimum atomic E-state index is 1.00. The lowest BCUT2D eigenvalue weighted by atomic mass is 10.0. The number of benzene rings is 2. The first-order valence-corrected chi connectivity index (χ1v) is 6.66. The third-order valence-electron chi connectivity index (χ3n) is 3.35. The zero-order valence-corrected chi connectivity index (χ0v) is 11.0. The third kappa shape index (κ3) is 2.29. The van der Waals surface area contributed by atoms with E-state index in [1.165, 1.54) is 16.7 Å². The van der Waals surface area contributed by atoms with Gasteiger partial charge in [0.15, 0.2) is 0 Å². The van der Waals surface area contributed by atoms with E-state index in [1.807, 2.05) is 12.1 Å². The topological polar surface area (TPSA) is 14.1 Å². The maximum Gasteiger partial charge on any atom is 0.338 e. The van der Waals surface area contributed by atoms with Crippen LogP contribution in [0.1, 0.15) is 24.5 Å². The fourth-order valence-electron chi connectivity index (χ4n) is 2.33. The maximum atomic E-state index is 4.82. The van der Waals surface area contributed by atoms with Crippen molar-refractivity contribution in [2.75, 3.05) is 0 Å². The molecule has 0 fully saturated rings. The van der Waals surface area contributed by atoms with E-state index < -0.39 is 0 Å². The van der Waals surface area contributed by atoms with Gasteiger partial charge in [-0.3, -0.25) is 0 Å². The van der Waals surface area contributed by atoms with Crippen molar-refractivity contribution < 1.29 is 0 Å². The van der Waals surface area contributed by atoms with Crippen molar-refractivity contribution in [3.8, 4) is 0 Å². The lowest BCUT2D eigenvalue weighted by Crippen LogP contribution is -2.04. The molecular formula is C18H16N+. The van der Waals surface area contributed by atoms with Crippen molar-refractivity contribution in [2.45, 2.75) is 13.3 Å². The summed E-state index contributed by atoms with van der Waals surface area (Å²) in [7, 11) is 0. The van der Waals surface area contributed by atoms with Gasteiger partial charge in [0.1, 0.15) is 0 Å². The molecule has 1 nitrogen and oxygen atoms in total. The zero-order valence-electron chi connectivity index (χ0n) is 11.0. The first-order chi connectivity index (χ1) is 9.38. The van der Waals surface area contributed by atoms with E-state index in [0.717, 1.165) is 17.8 Å². The summed E-state index contributed by atoms with van der Waals surface area (Å²) >= 11 is 0. The molecular weight excluding hydrogens is 230 g/mol. The molecule has 0 N–H and O–H groups in total. The molecule has 0 bridgehead atoms. The van der Waals surface area contributed by atoms with Gasteiger partial charge in [0.25, 0.3) is 0 Å². The third-order valence-corrected chi connectivity index (χ3v) is 3.35. The Morgan fingerprint density at radius 2 is 1.37 bits per heavy atom. The Bertz CT molecular complexity index is 672. The molecule has 0 radical (unpaired) electrons. The Hall–Kier alpha value is -2.37. The summed E-state index contributed by atoms with van der Waals surface area (Å²) in [5.74, 6) is 0. The molecule has 0 atom stereocenters. The van der Waals surface area contributed by atoms with Crippen LogP contribution in [-0.4, -0.2) is 11.4 Å². The summed E-state index contributed by atoms with van der Waals surface area (Å²) in [4.78, 5) is 0. The van der Waals surface area contributed by atoms with Crippen molar-refractivity contribution in [3.05, 3.63) is 83.4 Å². The molecule has 0 amide bonds. The van der Waals surface area contributed by atoms with Crippen LogP contribution in [0.15, 0.2) is 72.3 Å². The van der Waals surface area contributed by atoms with Crippen LogP contribution in [0.4, 0.5) is 0 Å². The molecule has 1 heterocycles. The molecule has 1 heteroatoms. The summed E-state index contributed by atoms with van der Waals surface area (Å²) in [6, 6.07) is 20.8. The van der Waals surface area contributed by atoms with Crippen molar-refractivity contribution in [1.29, 1.82) is 0 Å². The fourth-order valence-corrected chi connectivity index (χ4v) is 2.33. The fraction of sp³-hybridized carbons (Fsp3) is 0.111. The van der Waals surface area contributed by atoms with E-state index in [9.17, 15) is 0 Å². The molecule has 0 saturated carbocycles. The highest BCUT2D eigenvalue weighted by Crippen LogP contribution is 2.15. The van der Waals surface area contributed by atoms with Gasteiger partial charge in [-0.05, 0) is 30.7 Å². The van der Waals surface area contributed by atoms with E-state index >= 15 is 0 Å². The summed E-state index contributed by atoms with van der Waals surface area (Å²) < 4.78 is 4.82. The Kier molecular flexibility index (Phi) is 3.14. The summed E-state index contributed by atoms with van der Waals surface area (Å²) in [5.41, 5.74) is 5.87. The van der Waals surface area contributed by atoms with Crippen molar-refractivity contribution in [3.63, 3.8) is 0 Å². The Morgan fingerprint density at radius 3 is 1.95 bits per heavy atom. The van der Waals surface area contributed by atoms with Gasteiger partial charge in [-0.15, -0.1) is 0 Å². The van der Waals surface area contributed by atoms with Crippen molar-refractivity contribution in [1.82, 2.24) is 4.67 Å². The SMILES string of the molecule is CCC1=CC(c2ccccc2)=[N+]=C1c1ccccc1. The molecule has 0 aromatic heterocycles. The van der Waals surface area contributed by atoms with Crippen molar-refractivity contribution >= 4 is 11.4 Å². The highest BCUT2D eigenvalue weighted by Gasteiger charge is 2.27. The van der Waals surface area contributed by atoms with Gasteiger partial charge in [0.05, 0.1) is 16.7 Å². The summed E-state index contributed by atoms with van der Waals surface area (Å²) in [5, 5.41) is 0. The van der Waals surface area contributed by atoms with E-state index in [1.54, 1.807) is 0 Å². The summed E-state index contributed by atoms with van der Waals surface area (Å²) in [6.07, 6.45) is 3.21. The number of hydrogen-bond acceptors (Lipinski definition) is 0. The second kappa shape index (κ2) is 5.09. The van der Waals surface area contributed by atoms with Gasteiger partial charge < -0.3 is 0 Å². The molecule has 19 heavy (non-hydrogen) atoms. The average Bonchev–Trinajstić information content (AvgIpc) is 2.93. The highest BCUT2D eigenvalue weighted by atomic mass is 14.7. The number of nitrogens with zero attached hydrogens (tertiary/aromatic N) is 1. The Balaban J connectivity index is 2.12. The molecule has 1 aliphatic rings. The van der Waals surface area contributed by atoms with Crippen LogP contribution < -0.4 is 4.67 Å². The molecule has 0 saturated heterocycles. The second-order valence-corrected chi connectivity index (χ2v) is 4.60. The molecule has 0 spiro atoms. The van der Waals surface area contributed by atoms with Gasteiger partial charge in [0.2, 0.25) is 0 Å². The second-order valence-electron chi connectivity index (χ2n) is 4.60. The molecule has 2 aromatic carbocycles. The predicted molar refractivity (Wildman–Crippen MR) is 81.6 cm³/mol. The first-order valence-electron chi connectivity index (χ1n) is 6.66. The monoisotopic (exact) mass is 246 g/mol. The quantitative estimate of drug-likeness (QED) is 0.737. The average molecular weight is 246 g/mol. The van der Waals surface area contributed by atoms with E-state index in [4.69, 9.17) is 4.67 Å². The summed E-state index contributed by atoms with van der Waals surface area (Å²) in [6.45, 7) is 2.18. The molecule has 0 aliphatic carbocycles. The standard InChI is InChI=1S/C18H16N/c1-2-14-13-17(15-9-5-3-6-10-15)19-18(14)16-11-7-4-8-12-16/h3-13H,2H2,1H3/q+1. The lowest BCUT2D eigenvalue weighted by Gasteiger charge is -1.94. The minimum Gasteiger partial charge on any atom is -0.0828 e. The van der Waals surface area contributed by atoms with Crippen LogP contribution in [0.5, 0.6) is 0 Å². The normalized spacial score (nSPS) is 13.8.